The van der Waals surface area contributed by atoms with Crippen LogP contribution in [0.1, 0.15) is 24.2 Å². The van der Waals surface area contributed by atoms with Crippen LogP contribution in [0.2, 0.25) is 0 Å². The number of aliphatic imine (C=N–C) groups is 1. The molecule has 3 N–H and O–H groups in total. The van der Waals surface area contributed by atoms with Crippen molar-refractivity contribution in [2.24, 2.45) is 4.99 Å². The minimum Gasteiger partial charge on any atom is -0.435 e. The summed E-state index contributed by atoms with van der Waals surface area (Å²) in [5, 5.41) is 16.7. The Labute approximate surface area is 186 Å². The topological polar surface area (TPSA) is 78.8 Å². The van der Waals surface area contributed by atoms with E-state index in [0.29, 0.717) is 24.6 Å². The van der Waals surface area contributed by atoms with E-state index in [0.717, 1.165) is 16.8 Å². The molecule has 1 heterocycles. The zero-order chi connectivity index (χ0) is 22.8. The summed E-state index contributed by atoms with van der Waals surface area (Å²) in [6, 6.07) is 19.7. The van der Waals surface area contributed by atoms with Gasteiger partial charge in [0.25, 0.3) is 0 Å². The number of aromatic nitrogens is 1. The molecule has 0 saturated carbocycles. The first-order chi connectivity index (χ1) is 15.5. The predicted molar refractivity (Wildman–Crippen MR) is 121 cm³/mol. The van der Waals surface area contributed by atoms with Crippen LogP contribution < -0.4 is 15.4 Å². The second kappa shape index (κ2) is 11.8. The molecule has 0 saturated heterocycles. The molecule has 0 amide bonds. The number of hydrogen-bond donors (Lipinski definition) is 3. The van der Waals surface area contributed by atoms with E-state index in [9.17, 15) is 13.9 Å². The molecule has 0 bridgehead atoms. The van der Waals surface area contributed by atoms with Crippen LogP contribution in [0.3, 0.4) is 0 Å². The molecule has 6 nitrogen and oxygen atoms in total. The fourth-order valence-electron chi connectivity index (χ4n) is 3.06. The SMILES string of the molecule is CCNC(=NCc1cccc(-c2ccccn2)c1)NCC(O)c1ccc(OC(F)F)cc1. The highest BCUT2D eigenvalue weighted by molar-refractivity contribution is 5.79. The number of aliphatic hydroxyl groups is 1. The molecule has 2 aromatic carbocycles. The lowest BCUT2D eigenvalue weighted by Gasteiger charge is -2.16. The fraction of sp³-hybridized carbons (Fsp3) is 0.250. The van der Waals surface area contributed by atoms with Crippen molar-refractivity contribution in [3.8, 4) is 17.0 Å². The highest BCUT2D eigenvalue weighted by atomic mass is 19.3. The summed E-state index contributed by atoms with van der Waals surface area (Å²) < 4.78 is 28.8. The number of alkyl halides is 2. The monoisotopic (exact) mass is 440 g/mol. The highest BCUT2D eigenvalue weighted by Crippen LogP contribution is 2.20. The van der Waals surface area contributed by atoms with Gasteiger partial charge < -0.3 is 20.5 Å². The minimum absolute atomic E-state index is 0.0479. The zero-order valence-corrected chi connectivity index (χ0v) is 17.7. The van der Waals surface area contributed by atoms with Crippen LogP contribution in [-0.2, 0) is 6.54 Å². The Hall–Kier alpha value is -3.52. The standard InChI is InChI=1S/C24H26F2N4O2/c1-2-27-24(30-16-22(31)18-9-11-20(12-10-18)32-23(25)26)29-15-17-6-5-7-19(14-17)21-8-3-4-13-28-21/h3-14,22-23,31H,2,15-16H2,1H3,(H2,27,29,30). The molecule has 8 heteroatoms. The molecule has 0 fully saturated rings. The molecule has 0 spiro atoms. The molecule has 0 radical (unpaired) electrons. The predicted octanol–water partition coefficient (Wildman–Crippen LogP) is 4.14. The summed E-state index contributed by atoms with van der Waals surface area (Å²) in [4.78, 5) is 8.97. The summed E-state index contributed by atoms with van der Waals surface area (Å²) >= 11 is 0. The lowest BCUT2D eigenvalue weighted by Crippen LogP contribution is -2.39. The maximum atomic E-state index is 12.3. The average Bonchev–Trinajstić information content (AvgIpc) is 2.81. The van der Waals surface area contributed by atoms with Crippen LogP contribution in [-0.4, -0.2) is 35.8 Å². The molecular formula is C24H26F2N4O2. The highest BCUT2D eigenvalue weighted by Gasteiger charge is 2.10. The number of nitrogens with zero attached hydrogens (tertiary/aromatic N) is 2. The van der Waals surface area contributed by atoms with Gasteiger partial charge in [-0.05, 0) is 48.4 Å². The second-order valence-electron chi connectivity index (χ2n) is 6.95. The Kier molecular flexibility index (Phi) is 8.51. The van der Waals surface area contributed by atoms with E-state index >= 15 is 0 Å². The van der Waals surface area contributed by atoms with Crippen LogP contribution in [0, 0.1) is 0 Å². The van der Waals surface area contributed by atoms with E-state index < -0.39 is 12.7 Å². The molecular weight excluding hydrogens is 414 g/mol. The minimum atomic E-state index is -2.88. The van der Waals surface area contributed by atoms with Gasteiger partial charge in [0, 0.05) is 24.8 Å². The quantitative estimate of drug-likeness (QED) is 0.344. The van der Waals surface area contributed by atoms with E-state index in [1.807, 2.05) is 49.4 Å². The van der Waals surface area contributed by atoms with E-state index in [-0.39, 0.29) is 12.3 Å². The normalized spacial score (nSPS) is 12.5. The van der Waals surface area contributed by atoms with Crippen LogP contribution in [0.4, 0.5) is 8.78 Å². The lowest BCUT2D eigenvalue weighted by molar-refractivity contribution is -0.0498. The van der Waals surface area contributed by atoms with Gasteiger partial charge in [0.15, 0.2) is 5.96 Å². The number of pyridine rings is 1. The molecule has 0 aliphatic rings. The Bertz CT molecular complexity index is 998. The Morgan fingerprint density at radius 2 is 1.88 bits per heavy atom. The van der Waals surface area contributed by atoms with Gasteiger partial charge in [-0.1, -0.05) is 36.4 Å². The smallest absolute Gasteiger partial charge is 0.387 e. The van der Waals surface area contributed by atoms with Crippen molar-refractivity contribution in [3.63, 3.8) is 0 Å². The molecule has 1 aromatic heterocycles. The lowest BCUT2D eigenvalue weighted by atomic mass is 10.1. The van der Waals surface area contributed by atoms with Crippen LogP contribution >= 0.6 is 0 Å². The summed E-state index contributed by atoms with van der Waals surface area (Å²) in [6.45, 7) is 0.392. The maximum absolute atomic E-state index is 12.3. The third-order valence-electron chi connectivity index (χ3n) is 4.60. The van der Waals surface area contributed by atoms with Gasteiger partial charge in [0.05, 0.1) is 18.3 Å². The molecule has 1 unspecified atom stereocenters. The number of rotatable bonds is 9. The van der Waals surface area contributed by atoms with Gasteiger partial charge in [-0.15, -0.1) is 0 Å². The summed E-state index contributed by atoms with van der Waals surface area (Å²) in [5.74, 6) is 0.610. The van der Waals surface area contributed by atoms with Crippen molar-refractivity contribution in [2.45, 2.75) is 26.2 Å². The van der Waals surface area contributed by atoms with E-state index in [2.05, 4.69) is 25.3 Å². The molecule has 168 valence electrons. The molecule has 32 heavy (non-hydrogen) atoms. The van der Waals surface area contributed by atoms with Gasteiger partial charge in [-0.2, -0.15) is 8.78 Å². The number of guanidine groups is 1. The number of aliphatic hydroxyl groups excluding tert-OH is 1. The largest absolute Gasteiger partial charge is 0.435 e. The van der Waals surface area contributed by atoms with Crippen molar-refractivity contribution in [1.82, 2.24) is 15.6 Å². The summed E-state index contributed by atoms with van der Waals surface area (Å²) in [5.41, 5.74) is 3.53. The third-order valence-corrected chi connectivity index (χ3v) is 4.60. The van der Waals surface area contributed by atoms with E-state index in [1.54, 1.807) is 18.3 Å². The molecule has 3 rings (SSSR count). The van der Waals surface area contributed by atoms with Crippen molar-refractivity contribution in [3.05, 3.63) is 84.1 Å². The van der Waals surface area contributed by atoms with Gasteiger partial charge in [0.1, 0.15) is 5.75 Å². The zero-order valence-electron chi connectivity index (χ0n) is 17.7. The first-order valence-electron chi connectivity index (χ1n) is 10.3. The van der Waals surface area contributed by atoms with Gasteiger partial charge in [-0.3, -0.25) is 4.98 Å². The number of hydrogen-bond acceptors (Lipinski definition) is 4. The fourth-order valence-corrected chi connectivity index (χ4v) is 3.06. The first-order valence-corrected chi connectivity index (χ1v) is 10.3. The maximum Gasteiger partial charge on any atom is 0.387 e. The second-order valence-corrected chi connectivity index (χ2v) is 6.95. The number of benzene rings is 2. The van der Waals surface area contributed by atoms with Crippen LogP contribution in [0.5, 0.6) is 5.75 Å². The number of nitrogens with one attached hydrogen (secondary N) is 2. The van der Waals surface area contributed by atoms with Crippen molar-refractivity contribution in [2.75, 3.05) is 13.1 Å². The van der Waals surface area contributed by atoms with E-state index in [1.165, 1.54) is 12.1 Å². The van der Waals surface area contributed by atoms with Gasteiger partial charge in [0.2, 0.25) is 0 Å². The first kappa shape index (κ1) is 23.1. The summed E-state index contributed by atoms with van der Waals surface area (Å²) in [6.07, 6.45) is 0.921. The van der Waals surface area contributed by atoms with Crippen molar-refractivity contribution in [1.29, 1.82) is 0 Å². The number of halogens is 2. The molecule has 0 aliphatic carbocycles. The van der Waals surface area contributed by atoms with Crippen molar-refractivity contribution >= 4 is 5.96 Å². The van der Waals surface area contributed by atoms with E-state index in [4.69, 9.17) is 0 Å². The molecule has 3 aromatic rings. The van der Waals surface area contributed by atoms with Gasteiger partial charge >= 0.3 is 6.61 Å². The molecule has 1 atom stereocenters. The average molecular weight is 440 g/mol. The van der Waals surface area contributed by atoms with Crippen molar-refractivity contribution < 1.29 is 18.6 Å². The Morgan fingerprint density at radius 3 is 2.56 bits per heavy atom. The number of ether oxygens (including phenoxy) is 1. The Balaban J connectivity index is 1.60. The molecule has 0 aliphatic heterocycles. The van der Waals surface area contributed by atoms with Crippen LogP contribution in [0.25, 0.3) is 11.3 Å². The summed E-state index contributed by atoms with van der Waals surface area (Å²) in [7, 11) is 0. The van der Waals surface area contributed by atoms with Gasteiger partial charge in [-0.25, -0.2) is 4.99 Å². The van der Waals surface area contributed by atoms with Crippen LogP contribution in [0.15, 0.2) is 77.9 Å². The third kappa shape index (κ3) is 7.02. The Morgan fingerprint density at radius 1 is 1.06 bits per heavy atom.